The summed E-state index contributed by atoms with van der Waals surface area (Å²) in [6.45, 7) is 9.39. The molecule has 0 saturated carbocycles. The van der Waals surface area contributed by atoms with E-state index >= 15 is 0 Å². The molecule has 2 aromatic heterocycles. The zero-order chi connectivity index (χ0) is 21.0. The van der Waals surface area contributed by atoms with Crippen LogP contribution < -0.4 is 10.5 Å². The van der Waals surface area contributed by atoms with Crippen LogP contribution in [-0.2, 0) is 11.3 Å². The van der Waals surface area contributed by atoms with Crippen LogP contribution in [0.1, 0.15) is 38.1 Å². The standard InChI is InChI=1S/C22H26N4O3/c1-5-25(6-2)18-16-14-23-19(15-12-10-9-11-13-15)24-20(16)26(7-3)21(27)17(18)22(28)29-8-4/h9-14H,5-8H2,1-4H3. The molecule has 3 rings (SSSR count). The lowest BCUT2D eigenvalue weighted by atomic mass is 10.1. The molecule has 3 aromatic rings. The maximum Gasteiger partial charge on any atom is 0.345 e. The molecule has 0 aliphatic carbocycles. The van der Waals surface area contributed by atoms with E-state index in [0.29, 0.717) is 42.2 Å². The highest BCUT2D eigenvalue weighted by atomic mass is 16.5. The molecule has 7 heteroatoms. The van der Waals surface area contributed by atoms with E-state index < -0.39 is 11.5 Å². The molecule has 0 saturated heterocycles. The van der Waals surface area contributed by atoms with E-state index in [1.807, 2.05) is 56.0 Å². The van der Waals surface area contributed by atoms with Gasteiger partial charge < -0.3 is 9.64 Å². The van der Waals surface area contributed by atoms with Crippen LogP contribution in [0.15, 0.2) is 41.3 Å². The summed E-state index contributed by atoms with van der Waals surface area (Å²) in [5, 5.41) is 0.665. The molecule has 152 valence electrons. The van der Waals surface area contributed by atoms with Crippen molar-refractivity contribution in [3.05, 3.63) is 52.4 Å². The van der Waals surface area contributed by atoms with Gasteiger partial charge in [0.25, 0.3) is 5.56 Å². The van der Waals surface area contributed by atoms with Gasteiger partial charge in [-0.3, -0.25) is 9.36 Å². The Hall–Kier alpha value is -3.22. The zero-order valence-corrected chi connectivity index (χ0v) is 17.3. The van der Waals surface area contributed by atoms with Gasteiger partial charge in [-0.25, -0.2) is 14.8 Å². The highest BCUT2D eigenvalue weighted by molar-refractivity contribution is 6.04. The Labute approximate surface area is 170 Å². The first-order valence-electron chi connectivity index (χ1n) is 9.98. The second kappa shape index (κ2) is 8.86. The molecule has 1 aromatic carbocycles. The number of pyridine rings is 1. The Balaban J connectivity index is 2.40. The monoisotopic (exact) mass is 394 g/mol. The minimum Gasteiger partial charge on any atom is -0.462 e. The molecule has 0 spiro atoms. The molecule has 7 nitrogen and oxygen atoms in total. The maximum atomic E-state index is 13.3. The van der Waals surface area contributed by atoms with Crippen molar-refractivity contribution in [1.82, 2.24) is 14.5 Å². The van der Waals surface area contributed by atoms with Gasteiger partial charge in [-0.15, -0.1) is 0 Å². The second-order valence-corrected chi connectivity index (χ2v) is 6.46. The normalized spacial score (nSPS) is 10.9. The summed E-state index contributed by atoms with van der Waals surface area (Å²) in [5.74, 6) is -0.0790. The number of hydrogen-bond acceptors (Lipinski definition) is 6. The molecule has 0 fully saturated rings. The van der Waals surface area contributed by atoms with Crippen molar-refractivity contribution in [2.24, 2.45) is 0 Å². The first-order chi connectivity index (χ1) is 14.1. The molecule has 0 bridgehead atoms. The summed E-state index contributed by atoms with van der Waals surface area (Å²) in [5.41, 5.74) is 1.57. The molecular formula is C22H26N4O3. The molecule has 29 heavy (non-hydrogen) atoms. The Morgan fingerprint density at radius 1 is 1.10 bits per heavy atom. The van der Waals surface area contributed by atoms with Crippen LogP contribution in [0.5, 0.6) is 0 Å². The van der Waals surface area contributed by atoms with Gasteiger partial charge in [0, 0.05) is 31.4 Å². The number of esters is 1. The number of hydrogen-bond donors (Lipinski definition) is 0. The minimum atomic E-state index is -0.615. The Morgan fingerprint density at radius 3 is 2.38 bits per heavy atom. The topological polar surface area (TPSA) is 77.3 Å². The number of rotatable bonds is 7. The maximum absolute atomic E-state index is 13.3. The van der Waals surface area contributed by atoms with Crippen molar-refractivity contribution < 1.29 is 9.53 Å². The lowest BCUT2D eigenvalue weighted by molar-refractivity contribution is 0.0524. The van der Waals surface area contributed by atoms with E-state index in [-0.39, 0.29) is 12.2 Å². The minimum absolute atomic E-state index is 0.0426. The van der Waals surface area contributed by atoms with E-state index in [2.05, 4.69) is 4.98 Å². The van der Waals surface area contributed by atoms with Crippen molar-refractivity contribution in [2.75, 3.05) is 24.6 Å². The fraction of sp³-hybridized carbons (Fsp3) is 0.364. The average molecular weight is 394 g/mol. The number of anilines is 1. The number of nitrogens with zero attached hydrogens (tertiary/aromatic N) is 4. The van der Waals surface area contributed by atoms with Crippen molar-refractivity contribution in [2.45, 2.75) is 34.2 Å². The largest absolute Gasteiger partial charge is 0.462 e. The molecule has 0 unspecified atom stereocenters. The molecule has 0 radical (unpaired) electrons. The smallest absolute Gasteiger partial charge is 0.345 e. The number of benzene rings is 1. The predicted octanol–water partition coefficient (Wildman–Crippen LogP) is 3.50. The van der Waals surface area contributed by atoms with Crippen molar-refractivity contribution in [3.63, 3.8) is 0 Å². The number of fused-ring (bicyclic) bond motifs is 1. The average Bonchev–Trinajstić information content (AvgIpc) is 2.75. The lowest BCUT2D eigenvalue weighted by Crippen LogP contribution is -2.34. The SMILES string of the molecule is CCOC(=O)c1c(N(CC)CC)c2cnc(-c3ccccc3)nc2n(CC)c1=O. The van der Waals surface area contributed by atoms with E-state index in [9.17, 15) is 9.59 Å². The summed E-state index contributed by atoms with van der Waals surface area (Å²) in [4.78, 5) is 37.2. The van der Waals surface area contributed by atoms with Gasteiger partial charge in [-0.2, -0.15) is 0 Å². The van der Waals surface area contributed by atoms with Crippen LogP contribution >= 0.6 is 0 Å². The fourth-order valence-corrected chi connectivity index (χ4v) is 3.49. The molecule has 0 N–H and O–H groups in total. The van der Waals surface area contributed by atoms with Gasteiger partial charge >= 0.3 is 5.97 Å². The number of aromatic nitrogens is 3. The van der Waals surface area contributed by atoms with Crippen LogP contribution in [0.25, 0.3) is 22.4 Å². The van der Waals surface area contributed by atoms with E-state index in [1.54, 1.807) is 13.1 Å². The molecular weight excluding hydrogens is 368 g/mol. The van der Waals surface area contributed by atoms with Gasteiger partial charge in [-0.1, -0.05) is 30.3 Å². The number of carbonyl (C=O) groups excluding carboxylic acids is 1. The van der Waals surface area contributed by atoms with Crippen molar-refractivity contribution in [3.8, 4) is 11.4 Å². The lowest BCUT2D eigenvalue weighted by Gasteiger charge is -2.26. The Bertz CT molecular complexity index is 1070. The Morgan fingerprint density at radius 2 is 1.79 bits per heavy atom. The van der Waals surface area contributed by atoms with Gasteiger partial charge in [0.2, 0.25) is 0 Å². The summed E-state index contributed by atoms with van der Waals surface area (Å²) in [6.07, 6.45) is 1.70. The van der Waals surface area contributed by atoms with Crippen LogP contribution in [-0.4, -0.2) is 40.2 Å². The molecule has 0 aliphatic rings. The van der Waals surface area contributed by atoms with Crippen LogP contribution in [0.2, 0.25) is 0 Å². The van der Waals surface area contributed by atoms with Gasteiger partial charge in [-0.05, 0) is 27.7 Å². The number of aryl methyl sites for hydroxylation is 1. The summed E-state index contributed by atoms with van der Waals surface area (Å²) in [7, 11) is 0. The van der Waals surface area contributed by atoms with E-state index in [4.69, 9.17) is 9.72 Å². The summed E-state index contributed by atoms with van der Waals surface area (Å²) in [6, 6.07) is 9.61. The summed E-state index contributed by atoms with van der Waals surface area (Å²) >= 11 is 0. The predicted molar refractivity (Wildman–Crippen MR) is 114 cm³/mol. The van der Waals surface area contributed by atoms with E-state index in [1.165, 1.54) is 4.57 Å². The number of carbonyl (C=O) groups is 1. The zero-order valence-electron chi connectivity index (χ0n) is 17.3. The first-order valence-corrected chi connectivity index (χ1v) is 9.98. The molecule has 0 atom stereocenters. The molecule has 0 amide bonds. The highest BCUT2D eigenvalue weighted by Crippen LogP contribution is 2.29. The third-order valence-corrected chi connectivity index (χ3v) is 4.88. The molecule has 0 aliphatic heterocycles. The van der Waals surface area contributed by atoms with Crippen LogP contribution in [0, 0.1) is 0 Å². The quantitative estimate of drug-likeness (QED) is 0.571. The van der Waals surface area contributed by atoms with Crippen LogP contribution in [0.4, 0.5) is 5.69 Å². The van der Waals surface area contributed by atoms with Gasteiger partial charge in [0.1, 0.15) is 11.2 Å². The number of ether oxygens (including phenoxy) is 1. The van der Waals surface area contributed by atoms with Crippen LogP contribution in [0.3, 0.4) is 0 Å². The molecule has 2 heterocycles. The first kappa shape index (κ1) is 20.5. The van der Waals surface area contributed by atoms with Gasteiger partial charge in [0.05, 0.1) is 17.7 Å². The second-order valence-electron chi connectivity index (χ2n) is 6.46. The third kappa shape index (κ3) is 3.72. The highest BCUT2D eigenvalue weighted by Gasteiger charge is 2.27. The van der Waals surface area contributed by atoms with Gasteiger partial charge in [0.15, 0.2) is 5.82 Å². The summed E-state index contributed by atoms with van der Waals surface area (Å²) < 4.78 is 6.73. The van der Waals surface area contributed by atoms with Crippen molar-refractivity contribution in [1.29, 1.82) is 0 Å². The third-order valence-electron chi connectivity index (χ3n) is 4.88. The Kier molecular flexibility index (Phi) is 6.26. The van der Waals surface area contributed by atoms with E-state index in [0.717, 1.165) is 5.56 Å². The van der Waals surface area contributed by atoms with Crippen molar-refractivity contribution >= 4 is 22.7 Å². The fourth-order valence-electron chi connectivity index (χ4n) is 3.49.